The van der Waals surface area contributed by atoms with Crippen LogP contribution in [-0.2, 0) is 11.3 Å². The van der Waals surface area contributed by atoms with Crippen LogP contribution in [0.4, 0.5) is 0 Å². The van der Waals surface area contributed by atoms with Gasteiger partial charge in [-0.05, 0) is 30.0 Å². The van der Waals surface area contributed by atoms with Crippen LogP contribution in [0.5, 0.6) is 0 Å². The molecule has 1 heterocycles. The van der Waals surface area contributed by atoms with Gasteiger partial charge >= 0.3 is 0 Å². The van der Waals surface area contributed by atoms with Gasteiger partial charge in [0.05, 0.1) is 0 Å². The Balaban J connectivity index is 1.64. The SMILES string of the molecule is O=C(CCC1CCCC1)NCc1ccncc1. The molecule has 0 bridgehead atoms. The molecule has 17 heavy (non-hydrogen) atoms. The van der Waals surface area contributed by atoms with Crippen molar-refractivity contribution in [2.24, 2.45) is 5.92 Å². The van der Waals surface area contributed by atoms with Crippen molar-refractivity contribution in [3.05, 3.63) is 30.1 Å². The molecule has 0 saturated heterocycles. The first-order chi connectivity index (χ1) is 8.34. The van der Waals surface area contributed by atoms with Gasteiger partial charge in [0.25, 0.3) is 0 Å². The van der Waals surface area contributed by atoms with E-state index in [9.17, 15) is 4.79 Å². The lowest BCUT2D eigenvalue weighted by Gasteiger charge is -2.09. The first-order valence-electron chi connectivity index (χ1n) is 6.50. The van der Waals surface area contributed by atoms with E-state index >= 15 is 0 Å². The molecule has 3 heteroatoms. The Morgan fingerprint density at radius 3 is 2.71 bits per heavy atom. The van der Waals surface area contributed by atoms with Gasteiger partial charge in [-0.2, -0.15) is 0 Å². The lowest BCUT2D eigenvalue weighted by atomic mass is 10.0. The summed E-state index contributed by atoms with van der Waals surface area (Å²) in [6.07, 6.45) is 10.6. The van der Waals surface area contributed by atoms with Gasteiger partial charge in [-0.15, -0.1) is 0 Å². The van der Waals surface area contributed by atoms with Gasteiger partial charge in [-0.25, -0.2) is 0 Å². The van der Waals surface area contributed by atoms with Crippen LogP contribution in [0, 0.1) is 5.92 Å². The number of pyridine rings is 1. The van der Waals surface area contributed by atoms with Crippen molar-refractivity contribution in [2.45, 2.75) is 45.1 Å². The van der Waals surface area contributed by atoms with Crippen molar-refractivity contribution in [2.75, 3.05) is 0 Å². The summed E-state index contributed by atoms with van der Waals surface area (Å²) in [5.74, 6) is 0.968. The quantitative estimate of drug-likeness (QED) is 0.848. The number of nitrogens with zero attached hydrogens (tertiary/aromatic N) is 1. The van der Waals surface area contributed by atoms with Gasteiger partial charge in [-0.3, -0.25) is 9.78 Å². The lowest BCUT2D eigenvalue weighted by Crippen LogP contribution is -2.22. The van der Waals surface area contributed by atoms with E-state index in [4.69, 9.17) is 0 Å². The predicted octanol–water partition coefficient (Wildman–Crippen LogP) is 2.67. The first-order valence-corrected chi connectivity index (χ1v) is 6.50. The van der Waals surface area contributed by atoms with E-state index in [1.54, 1.807) is 12.4 Å². The Morgan fingerprint density at radius 1 is 1.29 bits per heavy atom. The Bertz CT molecular complexity index is 344. The number of carbonyl (C=O) groups excluding carboxylic acids is 1. The first kappa shape index (κ1) is 12.1. The van der Waals surface area contributed by atoms with Crippen LogP contribution in [0.15, 0.2) is 24.5 Å². The number of hydrogen-bond acceptors (Lipinski definition) is 2. The summed E-state index contributed by atoms with van der Waals surface area (Å²) in [4.78, 5) is 15.6. The van der Waals surface area contributed by atoms with Crippen molar-refractivity contribution in [1.29, 1.82) is 0 Å². The van der Waals surface area contributed by atoms with Crippen molar-refractivity contribution in [3.63, 3.8) is 0 Å². The molecule has 1 aliphatic rings. The van der Waals surface area contributed by atoms with Crippen LogP contribution in [0.1, 0.15) is 44.1 Å². The summed E-state index contributed by atoms with van der Waals surface area (Å²) in [7, 11) is 0. The molecule has 2 rings (SSSR count). The minimum Gasteiger partial charge on any atom is -0.352 e. The maximum Gasteiger partial charge on any atom is 0.220 e. The molecule has 92 valence electrons. The molecule has 0 aromatic carbocycles. The molecule has 3 nitrogen and oxygen atoms in total. The Labute approximate surface area is 103 Å². The number of hydrogen-bond donors (Lipinski definition) is 1. The van der Waals surface area contributed by atoms with Crippen LogP contribution in [-0.4, -0.2) is 10.9 Å². The van der Waals surface area contributed by atoms with Crippen molar-refractivity contribution in [3.8, 4) is 0 Å². The molecule has 1 aliphatic carbocycles. The third kappa shape index (κ3) is 4.17. The van der Waals surface area contributed by atoms with E-state index in [1.165, 1.54) is 25.7 Å². The van der Waals surface area contributed by atoms with Gasteiger partial charge in [0, 0.05) is 25.4 Å². The van der Waals surface area contributed by atoms with Gasteiger partial charge in [0.1, 0.15) is 0 Å². The van der Waals surface area contributed by atoms with Crippen LogP contribution >= 0.6 is 0 Å². The van der Waals surface area contributed by atoms with Crippen LogP contribution < -0.4 is 5.32 Å². The largest absolute Gasteiger partial charge is 0.352 e. The average molecular weight is 232 g/mol. The molecule has 1 aromatic rings. The van der Waals surface area contributed by atoms with E-state index < -0.39 is 0 Å². The minimum absolute atomic E-state index is 0.175. The zero-order chi connectivity index (χ0) is 11.9. The monoisotopic (exact) mass is 232 g/mol. The number of rotatable bonds is 5. The Morgan fingerprint density at radius 2 is 2.00 bits per heavy atom. The molecule has 1 fully saturated rings. The van der Waals surface area contributed by atoms with Crippen molar-refractivity contribution < 1.29 is 4.79 Å². The zero-order valence-electron chi connectivity index (χ0n) is 10.2. The second kappa shape index (κ2) is 6.38. The number of aromatic nitrogens is 1. The summed E-state index contributed by atoms with van der Waals surface area (Å²) in [6, 6.07) is 3.86. The van der Waals surface area contributed by atoms with Crippen LogP contribution in [0.2, 0.25) is 0 Å². The number of nitrogens with one attached hydrogen (secondary N) is 1. The smallest absolute Gasteiger partial charge is 0.220 e. The molecule has 1 N–H and O–H groups in total. The molecule has 1 saturated carbocycles. The molecule has 0 spiro atoms. The third-order valence-electron chi connectivity index (χ3n) is 3.49. The standard InChI is InChI=1S/C14H20N2O/c17-14(6-5-12-3-1-2-4-12)16-11-13-7-9-15-10-8-13/h7-10,12H,1-6,11H2,(H,16,17). The predicted molar refractivity (Wildman–Crippen MR) is 67.3 cm³/mol. The summed E-state index contributed by atoms with van der Waals surface area (Å²) >= 11 is 0. The molecule has 0 atom stereocenters. The number of carbonyl (C=O) groups is 1. The normalized spacial score (nSPS) is 16.0. The third-order valence-corrected chi connectivity index (χ3v) is 3.49. The Hall–Kier alpha value is -1.38. The maximum atomic E-state index is 11.6. The van der Waals surface area contributed by atoms with Gasteiger partial charge < -0.3 is 5.32 Å². The molecule has 1 aromatic heterocycles. The summed E-state index contributed by atoms with van der Waals surface area (Å²) < 4.78 is 0. The minimum atomic E-state index is 0.175. The highest BCUT2D eigenvalue weighted by Crippen LogP contribution is 2.28. The van der Waals surface area contributed by atoms with E-state index in [2.05, 4.69) is 10.3 Å². The summed E-state index contributed by atoms with van der Waals surface area (Å²) in [6.45, 7) is 0.617. The lowest BCUT2D eigenvalue weighted by molar-refractivity contribution is -0.121. The second-order valence-electron chi connectivity index (χ2n) is 4.82. The highest BCUT2D eigenvalue weighted by atomic mass is 16.1. The topological polar surface area (TPSA) is 42.0 Å². The highest BCUT2D eigenvalue weighted by Gasteiger charge is 2.15. The fourth-order valence-corrected chi connectivity index (χ4v) is 2.42. The molecule has 1 amide bonds. The second-order valence-corrected chi connectivity index (χ2v) is 4.82. The van der Waals surface area contributed by atoms with E-state index in [0.717, 1.165) is 17.9 Å². The Kier molecular flexibility index (Phi) is 4.54. The summed E-state index contributed by atoms with van der Waals surface area (Å²) in [5, 5.41) is 2.96. The van der Waals surface area contributed by atoms with E-state index in [1.807, 2.05) is 12.1 Å². The fraction of sp³-hybridized carbons (Fsp3) is 0.571. The van der Waals surface area contributed by atoms with Crippen molar-refractivity contribution >= 4 is 5.91 Å². The van der Waals surface area contributed by atoms with Gasteiger partial charge in [0.2, 0.25) is 5.91 Å². The van der Waals surface area contributed by atoms with E-state index in [0.29, 0.717) is 13.0 Å². The molecule has 0 radical (unpaired) electrons. The number of amides is 1. The summed E-state index contributed by atoms with van der Waals surface area (Å²) in [5.41, 5.74) is 1.11. The maximum absolute atomic E-state index is 11.6. The molecule has 0 unspecified atom stereocenters. The molecular weight excluding hydrogens is 212 g/mol. The fourth-order valence-electron chi connectivity index (χ4n) is 2.42. The molecule has 0 aliphatic heterocycles. The van der Waals surface area contributed by atoms with Crippen LogP contribution in [0.3, 0.4) is 0 Å². The molecular formula is C14H20N2O. The van der Waals surface area contributed by atoms with E-state index in [-0.39, 0.29) is 5.91 Å². The van der Waals surface area contributed by atoms with Crippen molar-refractivity contribution in [1.82, 2.24) is 10.3 Å². The average Bonchev–Trinajstić information content (AvgIpc) is 2.88. The van der Waals surface area contributed by atoms with Gasteiger partial charge in [0.15, 0.2) is 0 Å². The van der Waals surface area contributed by atoms with Crippen LogP contribution in [0.25, 0.3) is 0 Å². The van der Waals surface area contributed by atoms with Gasteiger partial charge in [-0.1, -0.05) is 25.7 Å². The highest BCUT2D eigenvalue weighted by molar-refractivity contribution is 5.75. The zero-order valence-corrected chi connectivity index (χ0v) is 10.2.